The molecule has 1 aliphatic heterocycles. The summed E-state index contributed by atoms with van der Waals surface area (Å²) in [5.74, 6) is -13.5. The molecule has 1 heterocycles. The molecule has 1 fully saturated rings. The molecule has 37 heteroatoms. The molecule has 35 nitrogen and oxygen atoms in total. The summed E-state index contributed by atoms with van der Waals surface area (Å²) in [6.07, 6.45) is -0.741. The summed E-state index contributed by atoms with van der Waals surface area (Å²) in [4.78, 5) is 196. The Kier molecular flexibility index (Phi) is 36.5. The van der Waals surface area contributed by atoms with E-state index in [2.05, 4.69) is 63.5 Å². The van der Waals surface area contributed by atoms with Crippen LogP contribution < -0.4 is 85.9 Å². The number of phenols is 2. The SMILES string of the molecule is CC(=O)N[C@@H](CC(C)C)C(=O)N[C@@H](Cc1ccc(O)cc1)C(=O)N[C@@H](CCCN=C(N)N)C(=O)N[C@@H](C)C(=O)N[C@@H](CC(N)=O)C(=O)N[C@@H](CC(C)C)C(=O)N[C@@H](C[Se][Se]c1ccccc1)C(=O)N[C@@H](CO)C(=O)N1CCC[C@H]1C(=O)NCC(=O)N[C@@H](Cc1ccc(O)cc1)C(=O)N[C@@H](CO)C(N)=O. The Bertz CT molecular complexity index is 3480. The molecule has 0 aliphatic carbocycles. The molecule has 570 valence electrons. The van der Waals surface area contributed by atoms with E-state index in [1.54, 1.807) is 13.8 Å². The first kappa shape index (κ1) is 86.5. The van der Waals surface area contributed by atoms with Gasteiger partial charge in [0.25, 0.3) is 0 Å². The number of amides is 14. The van der Waals surface area contributed by atoms with Crippen molar-refractivity contribution in [1.29, 1.82) is 0 Å². The minimum Gasteiger partial charge on any atom is -0.508 e. The molecule has 3 aromatic carbocycles. The van der Waals surface area contributed by atoms with Crippen molar-refractivity contribution >= 4 is 119 Å². The number of aliphatic imine (C=N–C) groups is 1. The van der Waals surface area contributed by atoms with Gasteiger partial charge < -0.3 is 59.1 Å². The van der Waals surface area contributed by atoms with Crippen LogP contribution in [0.2, 0.25) is 5.32 Å². The average molecular weight is 1590 g/mol. The van der Waals surface area contributed by atoms with Crippen LogP contribution in [0.5, 0.6) is 11.5 Å². The number of nitrogens with one attached hydrogen (secondary N) is 11. The van der Waals surface area contributed by atoms with Gasteiger partial charge in [0.15, 0.2) is 5.96 Å². The molecule has 23 N–H and O–H groups in total. The Balaban J connectivity index is 1.52. The van der Waals surface area contributed by atoms with Crippen LogP contribution in [0.15, 0.2) is 83.9 Å². The van der Waals surface area contributed by atoms with Crippen molar-refractivity contribution in [1.82, 2.24) is 63.4 Å². The van der Waals surface area contributed by atoms with Crippen LogP contribution in [-0.2, 0) is 80.0 Å². The van der Waals surface area contributed by atoms with E-state index in [-0.39, 0.29) is 125 Å². The number of aromatic hydroxyl groups is 2. The molecule has 1 saturated heterocycles. The number of benzene rings is 3. The van der Waals surface area contributed by atoms with Crippen molar-refractivity contribution in [3.05, 3.63) is 90.0 Å². The molecule has 104 heavy (non-hydrogen) atoms. The first-order chi connectivity index (χ1) is 49.2. The predicted molar refractivity (Wildman–Crippen MR) is 380 cm³/mol. The molecular formula is C67H97N17O18Se2. The summed E-state index contributed by atoms with van der Waals surface area (Å²) in [5, 5.41) is 67.7. The fourth-order valence-corrected chi connectivity index (χ4v) is 17.2. The number of hydrogen-bond donors (Lipinski definition) is 19. The number of carbonyl (C=O) groups is 14. The predicted octanol–water partition coefficient (Wildman–Crippen LogP) is -6.56. The quantitative estimate of drug-likeness (QED) is 0.0108. The van der Waals surface area contributed by atoms with Gasteiger partial charge in [0.05, 0.1) is 6.61 Å². The third kappa shape index (κ3) is 30.6. The van der Waals surface area contributed by atoms with E-state index >= 15 is 0 Å². The standard InChI is InChI=1S/C67H97N17O18Se2/c1-35(2)26-45(75-38(6)87)59(95)80-48(29-40-18-22-42(89)23-19-40)62(98)77-44(14-10-24-72-67(70)71)58(94)74-37(5)57(93)78-49(30-54(68)90)63(99)79-46(27-36(3)4)60(96)83-52(34-103-104-43-12-8-7-9-13-43)64(100)82-51(33-86)66(102)84-25-11-15-53(84)65(101)73-31-55(91)76-47(28-39-16-20-41(88)21-17-39)61(97)81-50(32-85)56(69)92/h7-9,12-13,16-23,35-37,44-53,85-86,88-89H,10-11,14-15,24-34H2,1-6H3,(H2,68,90)(H2,69,92)(H,73,101)(H,74,94)(H,75,87)(H,76,91)(H,77,98)(H,78,93)(H,79,99)(H,80,95)(H,81,97)(H,82,100)(H,83,96)(H4,70,71,72)/t37-,44-,45-,46-,47-,48-,49-,50-,51-,52-,53-/m0/s1. The summed E-state index contributed by atoms with van der Waals surface area (Å²) in [6, 6.07) is 4.73. The van der Waals surface area contributed by atoms with Gasteiger partial charge in [-0.3, -0.25) is 38.6 Å². The zero-order chi connectivity index (χ0) is 77.3. The maximum absolute atomic E-state index is 14.6. The van der Waals surface area contributed by atoms with E-state index in [4.69, 9.17) is 22.9 Å². The minimum atomic E-state index is -1.79. The topological polar surface area (TPSA) is 572 Å². The fraction of sp³-hybridized carbons (Fsp3) is 0.507. The first-order valence-corrected chi connectivity index (χ1v) is 39.9. The van der Waals surface area contributed by atoms with Crippen molar-refractivity contribution in [2.75, 3.05) is 32.8 Å². The van der Waals surface area contributed by atoms with Gasteiger partial charge in [0.2, 0.25) is 35.4 Å². The number of nitrogens with two attached hydrogens (primary N) is 4. The van der Waals surface area contributed by atoms with Gasteiger partial charge in [-0.1, -0.05) is 38.1 Å². The number of aliphatic hydroxyl groups excluding tert-OH is 2. The fourth-order valence-electron chi connectivity index (χ4n) is 10.6. The Morgan fingerprint density at radius 3 is 1.52 bits per heavy atom. The summed E-state index contributed by atoms with van der Waals surface area (Å²) >= 11 is -0.602. The second-order valence-corrected chi connectivity index (χ2v) is 32.4. The number of carbonyl (C=O) groups excluding carboxylic acids is 14. The van der Waals surface area contributed by atoms with Crippen molar-refractivity contribution < 1.29 is 87.5 Å². The Labute approximate surface area is 612 Å². The van der Waals surface area contributed by atoms with E-state index in [9.17, 15) is 87.5 Å². The van der Waals surface area contributed by atoms with Crippen LogP contribution in [0, 0.1) is 11.8 Å². The van der Waals surface area contributed by atoms with Crippen molar-refractivity contribution in [2.45, 2.75) is 171 Å². The van der Waals surface area contributed by atoms with Gasteiger partial charge >= 0.3 is 303 Å². The molecule has 0 radical (unpaired) electrons. The molecular weight excluding hydrogens is 1490 g/mol. The molecule has 0 saturated carbocycles. The van der Waals surface area contributed by atoms with E-state index < -0.39 is 175 Å². The smallest absolute Gasteiger partial charge is 0.508 e. The van der Waals surface area contributed by atoms with Gasteiger partial charge in [-0.2, -0.15) is 0 Å². The molecule has 1 aliphatic rings. The monoisotopic (exact) mass is 1590 g/mol. The van der Waals surface area contributed by atoms with Gasteiger partial charge in [-0.25, -0.2) is 0 Å². The number of nitrogens with zero attached hydrogens (tertiary/aromatic N) is 2. The summed E-state index contributed by atoms with van der Waals surface area (Å²) in [6.45, 7) is 6.95. The number of primary amides is 2. The zero-order valence-electron chi connectivity index (χ0n) is 58.6. The second-order valence-electron chi connectivity index (χ2n) is 25.5. The summed E-state index contributed by atoms with van der Waals surface area (Å²) in [7, 11) is 0. The third-order valence-corrected chi connectivity index (χ3v) is 22.9. The molecule has 0 unspecified atom stereocenters. The van der Waals surface area contributed by atoms with Crippen LogP contribution in [-0.4, -0.2) is 240 Å². The number of phenolic OH excluding ortho intramolecular Hbond substituents is 2. The van der Waals surface area contributed by atoms with Crippen LogP contribution in [0.1, 0.15) is 97.6 Å². The number of hydrogen-bond acceptors (Lipinski definition) is 19. The van der Waals surface area contributed by atoms with Crippen molar-refractivity contribution in [3.63, 3.8) is 0 Å². The zero-order valence-corrected chi connectivity index (χ0v) is 62.1. The molecule has 0 aromatic heterocycles. The number of aliphatic hydroxyl groups is 2. The van der Waals surface area contributed by atoms with Crippen LogP contribution in [0.25, 0.3) is 0 Å². The van der Waals surface area contributed by atoms with Crippen molar-refractivity contribution in [3.8, 4) is 11.5 Å². The minimum absolute atomic E-state index is 0.0100. The first-order valence-electron chi connectivity index (χ1n) is 33.5. The van der Waals surface area contributed by atoms with E-state index in [1.807, 2.05) is 44.2 Å². The second kappa shape index (κ2) is 43.9. The average Bonchev–Trinajstić information content (AvgIpc) is 1.70. The van der Waals surface area contributed by atoms with E-state index in [0.717, 1.165) is 9.36 Å². The van der Waals surface area contributed by atoms with Crippen molar-refractivity contribution in [2.24, 2.45) is 39.8 Å². The van der Waals surface area contributed by atoms with Gasteiger partial charge in [-0.05, 0) is 60.6 Å². The Hall–Kier alpha value is -9.93. The van der Waals surface area contributed by atoms with Gasteiger partial charge in [-0.15, -0.1) is 0 Å². The third-order valence-electron chi connectivity index (χ3n) is 15.8. The molecule has 3 aromatic rings. The Morgan fingerprint density at radius 2 is 1.00 bits per heavy atom. The van der Waals surface area contributed by atoms with E-state index in [1.165, 1.54) is 62.4 Å². The normalized spacial score (nSPS) is 15.4. The summed E-state index contributed by atoms with van der Waals surface area (Å²) < 4.78 is 0.957. The number of rotatable bonds is 43. The van der Waals surface area contributed by atoms with Crippen LogP contribution in [0.3, 0.4) is 0 Å². The molecule has 14 amide bonds. The van der Waals surface area contributed by atoms with E-state index in [0.29, 0.717) is 11.1 Å². The number of guanidine groups is 1. The molecule has 0 spiro atoms. The van der Waals surface area contributed by atoms with Gasteiger partial charge in [0, 0.05) is 26.3 Å². The molecule has 4 rings (SSSR count). The van der Waals surface area contributed by atoms with Gasteiger partial charge in [0.1, 0.15) is 41.7 Å². The molecule has 11 atom stereocenters. The summed E-state index contributed by atoms with van der Waals surface area (Å²) in [5.41, 5.74) is 22.9. The van der Waals surface area contributed by atoms with Crippen LogP contribution >= 0.6 is 0 Å². The van der Waals surface area contributed by atoms with Crippen LogP contribution in [0.4, 0.5) is 0 Å². The maximum atomic E-state index is 14.6. The number of likely N-dealkylation sites (tertiary alicyclic amines) is 1. The Morgan fingerprint density at radius 1 is 0.538 bits per heavy atom. The molecule has 0 bridgehead atoms.